The van der Waals surface area contributed by atoms with Gasteiger partial charge in [-0.2, -0.15) is 0 Å². The van der Waals surface area contributed by atoms with Crippen LogP contribution in [0.5, 0.6) is 11.5 Å². The number of hydrogen-bond donors (Lipinski definition) is 1. The summed E-state index contributed by atoms with van der Waals surface area (Å²) < 4.78 is 38.4. The molecule has 0 unspecified atom stereocenters. The number of nitrogens with one attached hydrogen (secondary N) is 1. The van der Waals surface area contributed by atoms with Crippen LogP contribution >= 0.6 is 0 Å². The summed E-state index contributed by atoms with van der Waals surface area (Å²) in [6.07, 6.45) is 0. The van der Waals surface area contributed by atoms with Crippen molar-refractivity contribution in [3.05, 3.63) is 83.9 Å². The van der Waals surface area contributed by atoms with Gasteiger partial charge in [0.2, 0.25) is 0 Å². The molecular weight excluding hydrogens is 428 g/mol. The second-order valence-corrected chi connectivity index (χ2v) is 9.37. The molecule has 0 saturated heterocycles. The van der Waals surface area contributed by atoms with Gasteiger partial charge in [0.15, 0.2) is 11.5 Å². The number of amides is 1. The van der Waals surface area contributed by atoms with E-state index in [-0.39, 0.29) is 22.4 Å². The minimum atomic E-state index is -3.82. The molecule has 4 rings (SSSR count). The lowest BCUT2D eigenvalue weighted by Crippen LogP contribution is -2.32. The predicted octanol–water partition coefficient (Wildman–Crippen LogP) is 3.77. The molecule has 1 atom stereocenters. The summed E-state index contributed by atoms with van der Waals surface area (Å²) in [4.78, 5) is 13.3. The van der Waals surface area contributed by atoms with Crippen LogP contribution in [0.2, 0.25) is 0 Å². The Labute approximate surface area is 187 Å². The van der Waals surface area contributed by atoms with E-state index >= 15 is 0 Å². The van der Waals surface area contributed by atoms with E-state index in [9.17, 15) is 13.2 Å². The van der Waals surface area contributed by atoms with Gasteiger partial charge in [-0.05, 0) is 48.9 Å². The Morgan fingerprint density at radius 3 is 2.34 bits per heavy atom. The topological polar surface area (TPSA) is 84.9 Å². The van der Waals surface area contributed by atoms with E-state index in [1.807, 2.05) is 25.1 Å². The highest BCUT2D eigenvalue weighted by Crippen LogP contribution is 2.33. The van der Waals surface area contributed by atoms with Crippen molar-refractivity contribution in [2.24, 2.45) is 0 Å². The summed E-state index contributed by atoms with van der Waals surface area (Å²) in [6, 6.07) is 20.0. The molecule has 1 heterocycles. The molecule has 0 spiro atoms. The van der Waals surface area contributed by atoms with E-state index in [0.717, 1.165) is 9.87 Å². The molecule has 3 aromatic carbocycles. The number of rotatable bonds is 6. The van der Waals surface area contributed by atoms with Gasteiger partial charge >= 0.3 is 0 Å². The molecule has 1 aliphatic rings. The van der Waals surface area contributed by atoms with Crippen LogP contribution in [0.3, 0.4) is 0 Å². The zero-order chi connectivity index (χ0) is 22.7. The third kappa shape index (κ3) is 4.27. The van der Waals surface area contributed by atoms with Crippen molar-refractivity contribution in [3.8, 4) is 11.5 Å². The Balaban J connectivity index is 1.58. The molecule has 1 N–H and O–H groups in total. The van der Waals surface area contributed by atoms with Gasteiger partial charge in [-0.1, -0.05) is 36.4 Å². The minimum Gasteiger partial charge on any atom is -0.486 e. The number of anilines is 1. The van der Waals surface area contributed by atoms with E-state index in [4.69, 9.17) is 9.47 Å². The summed E-state index contributed by atoms with van der Waals surface area (Å²) in [5.41, 5.74) is 1.41. The van der Waals surface area contributed by atoms with Gasteiger partial charge in [-0.25, -0.2) is 8.42 Å². The lowest BCUT2D eigenvalue weighted by atomic mass is 10.1. The number of para-hydroxylation sites is 1. The van der Waals surface area contributed by atoms with E-state index in [2.05, 4.69) is 5.32 Å². The number of nitrogens with zero attached hydrogens (tertiary/aromatic N) is 1. The molecule has 3 aromatic rings. The van der Waals surface area contributed by atoms with Crippen LogP contribution in [0.4, 0.5) is 5.69 Å². The third-order valence-corrected chi connectivity index (χ3v) is 7.09. The fourth-order valence-electron chi connectivity index (χ4n) is 3.51. The first-order valence-corrected chi connectivity index (χ1v) is 11.7. The number of fused-ring (bicyclic) bond motifs is 1. The van der Waals surface area contributed by atoms with Crippen molar-refractivity contribution in [2.45, 2.75) is 17.9 Å². The molecule has 166 valence electrons. The number of sulfonamides is 1. The van der Waals surface area contributed by atoms with Gasteiger partial charge in [-0.3, -0.25) is 9.10 Å². The standard InChI is InChI=1S/C24H24N2O5S/c1-17(18-12-13-22-23(16-18)31-15-14-30-22)25-24(27)20-10-6-7-11-21(20)26(2)32(28,29)19-8-4-3-5-9-19/h3-13,16-17H,14-15H2,1-2H3,(H,25,27)/t17-/m0/s1. The van der Waals surface area contributed by atoms with Crippen molar-refractivity contribution in [1.29, 1.82) is 0 Å². The SMILES string of the molecule is C[C@H](NC(=O)c1ccccc1N(C)S(=O)(=O)c1ccccc1)c1ccc2c(c1)OCCO2. The molecule has 0 aromatic heterocycles. The van der Waals surface area contributed by atoms with Crippen LogP contribution in [0.25, 0.3) is 0 Å². The Morgan fingerprint density at radius 1 is 0.938 bits per heavy atom. The smallest absolute Gasteiger partial charge is 0.264 e. The van der Waals surface area contributed by atoms with Gasteiger partial charge in [0, 0.05) is 7.05 Å². The van der Waals surface area contributed by atoms with Gasteiger partial charge in [0.1, 0.15) is 13.2 Å². The van der Waals surface area contributed by atoms with Crippen molar-refractivity contribution in [1.82, 2.24) is 5.32 Å². The third-order valence-electron chi connectivity index (χ3n) is 5.30. The molecular formula is C24H24N2O5S. The molecule has 0 saturated carbocycles. The van der Waals surface area contributed by atoms with Crippen LogP contribution in [-0.2, 0) is 10.0 Å². The number of carbonyl (C=O) groups excluding carboxylic acids is 1. The van der Waals surface area contributed by atoms with Crippen molar-refractivity contribution in [2.75, 3.05) is 24.6 Å². The second-order valence-electron chi connectivity index (χ2n) is 7.40. The van der Waals surface area contributed by atoms with Crippen molar-refractivity contribution >= 4 is 21.6 Å². The molecule has 32 heavy (non-hydrogen) atoms. The van der Waals surface area contributed by atoms with Gasteiger partial charge in [-0.15, -0.1) is 0 Å². The number of ether oxygens (including phenoxy) is 2. The predicted molar refractivity (Wildman–Crippen MR) is 122 cm³/mol. The Bertz CT molecular complexity index is 1230. The zero-order valence-electron chi connectivity index (χ0n) is 17.8. The van der Waals surface area contributed by atoms with Gasteiger partial charge in [0.25, 0.3) is 15.9 Å². The molecule has 8 heteroatoms. The average Bonchev–Trinajstić information content (AvgIpc) is 2.83. The molecule has 1 aliphatic heterocycles. The maximum atomic E-state index is 13.1. The van der Waals surface area contributed by atoms with Crippen LogP contribution in [0.1, 0.15) is 28.9 Å². The first-order valence-electron chi connectivity index (χ1n) is 10.2. The minimum absolute atomic E-state index is 0.155. The van der Waals surface area contributed by atoms with Crippen LogP contribution < -0.4 is 19.1 Å². The number of carbonyl (C=O) groups is 1. The first-order chi connectivity index (χ1) is 15.4. The van der Waals surface area contributed by atoms with Gasteiger partial charge < -0.3 is 14.8 Å². The normalized spacial score (nSPS) is 13.8. The van der Waals surface area contributed by atoms with Crippen LogP contribution in [-0.4, -0.2) is 34.6 Å². The fourth-order valence-corrected chi connectivity index (χ4v) is 4.74. The summed E-state index contributed by atoms with van der Waals surface area (Å²) >= 11 is 0. The quantitative estimate of drug-likeness (QED) is 0.615. The Kier molecular flexibility index (Phi) is 6.05. The maximum Gasteiger partial charge on any atom is 0.264 e. The first kappa shape index (κ1) is 21.7. The van der Waals surface area contributed by atoms with E-state index < -0.39 is 10.0 Å². The molecule has 7 nitrogen and oxygen atoms in total. The van der Waals surface area contributed by atoms with Gasteiger partial charge in [0.05, 0.1) is 22.2 Å². The zero-order valence-corrected chi connectivity index (χ0v) is 18.6. The highest BCUT2D eigenvalue weighted by atomic mass is 32.2. The molecule has 0 fully saturated rings. The van der Waals surface area contributed by atoms with E-state index in [1.54, 1.807) is 42.5 Å². The lowest BCUT2D eigenvalue weighted by molar-refractivity contribution is 0.0940. The molecule has 0 bridgehead atoms. The van der Waals surface area contributed by atoms with Crippen molar-refractivity contribution < 1.29 is 22.7 Å². The lowest BCUT2D eigenvalue weighted by Gasteiger charge is -2.23. The highest BCUT2D eigenvalue weighted by molar-refractivity contribution is 7.92. The van der Waals surface area contributed by atoms with E-state index in [1.165, 1.54) is 19.2 Å². The van der Waals surface area contributed by atoms with Crippen molar-refractivity contribution in [3.63, 3.8) is 0 Å². The Morgan fingerprint density at radius 2 is 1.59 bits per heavy atom. The number of benzene rings is 3. The highest BCUT2D eigenvalue weighted by Gasteiger charge is 2.25. The van der Waals surface area contributed by atoms with E-state index in [0.29, 0.717) is 30.4 Å². The second kappa shape index (κ2) is 8.92. The molecule has 0 radical (unpaired) electrons. The van der Waals surface area contributed by atoms with Crippen LogP contribution in [0, 0.1) is 0 Å². The molecule has 0 aliphatic carbocycles. The maximum absolute atomic E-state index is 13.1. The summed E-state index contributed by atoms with van der Waals surface area (Å²) in [5.74, 6) is 0.943. The summed E-state index contributed by atoms with van der Waals surface area (Å²) in [5, 5.41) is 2.95. The monoisotopic (exact) mass is 452 g/mol. The molecule has 1 amide bonds. The average molecular weight is 453 g/mol. The Hall–Kier alpha value is -3.52. The summed E-state index contributed by atoms with van der Waals surface area (Å²) in [6.45, 7) is 2.85. The number of hydrogen-bond acceptors (Lipinski definition) is 5. The fraction of sp³-hybridized carbons (Fsp3) is 0.208. The summed E-state index contributed by atoms with van der Waals surface area (Å²) in [7, 11) is -2.37. The largest absolute Gasteiger partial charge is 0.486 e. The van der Waals surface area contributed by atoms with Crippen LogP contribution in [0.15, 0.2) is 77.7 Å².